The summed E-state index contributed by atoms with van der Waals surface area (Å²) >= 11 is 3.17. The van der Waals surface area contributed by atoms with Gasteiger partial charge < -0.3 is 10.5 Å². The van der Waals surface area contributed by atoms with E-state index in [2.05, 4.69) is 15.9 Å². The van der Waals surface area contributed by atoms with Gasteiger partial charge in [0, 0.05) is 13.2 Å². The molecule has 1 aromatic rings. The Hall–Kier alpha value is -0.450. The van der Waals surface area contributed by atoms with Crippen LogP contribution < -0.4 is 5.73 Å². The van der Waals surface area contributed by atoms with E-state index in [1.54, 1.807) is 19.2 Å². The lowest BCUT2D eigenvalue weighted by molar-refractivity contribution is 0.107. The second-order valence-electron chi connectivity index (χ2n) is 4.34. The molecule has 0 aliphatic carbocycles. The van der Waals surface area contributed by atoms with E-state index < -0.39 is 0 Å². The van der Waals surface area contributed by atoms with E-state index in [0.29, 0.717) is 4.47 Å². The third-order valence-corrected chi connectivity index (χ3v) is 3.44. The molecule has 0 bridgehead atoms. The summed E-state index contributed by atoms with van der Waals surface area (Å²) in [7, 11) is 1.70. The highest BCUT2D eigenvalue weighted by Gasteiger charge is 2.08. The molecule has 4 heteroatoms. The Morgan fingerprint density at radius 2 is 2.12 bits per heavy atom. The lowest BCUT2D eigenvalue weighted by atomic mass is 10.0. The van der Waals surface area contributed by atoms with Gasteiger partial charge in [0.2, 0.25) is 0 Å². The highest BCUT2D eigenvalue weighted by atomic mass is 79.9. The van der Waals surface area contributed by atoms with Crippen LogP contribution in [-0.2, 0) is 11.2 Å². The minimum Gasteiger partial charge on any atom is -0.382 e. The van der Waals surface area contributed by atoms with Crippen LogP contribution in [0.4, 0.5) is 4.39 Å². The van der Waals surface area contributed by atoms with E-state index in [1.165, 1.54) is 6.07 Å². The van der Waals surface area contributed by atoms with Crippen LogP contribution in [0.3, 0.4) is 0 Å². The molecule has 2 N–H and O–H groups in total. The van der Waals surface area contributed by atoms with Crippen molar-refractivity contribution < 1.29 is 9.13 Å². The fraction of sp³-hybridized carbons (Fsp3) is 0.538. The van der Waals surface area contributed by atoms with E-state index in [1.807, 2.05) is 6.92 Å². The van der Waals surface area contributed by atoms with E-state index in [-0.39, 0.29) is 18.0 Å². The topological polar surface area (TPSA) is 35.2 Å². The number of hydrogen-bond donors (Lipinski definition) is 1. The summed E-state index contributed by atoms with van der Waals surface area (Å²) in [4.78, 5) is 0. The molecule has 0 fully saturated rings. The first-order chi connectivity index (χ1) is 8.02. The second kappa shape index (κ2) is 7.09. The van der Waals surface area contributed by atoms with Crippen molar-refractivity contribution in [3.63, 3.8) is 0 Å². The number of halogens is 2. The molecule has 0 aliphatic rings. The Bertz CT molecular complexity index is 359. The van der Waals surface area contributed by atoms with Gasteiger partial charge in [0.25, 0.3) is 0 Å². The van der Waals surface area contributed by atoms with Crippen LogP contribution in [0.15, 0.2) is 22.7 Å². The van der Waals surface area contributed by atoms with Crippen LogP contribution in [-0.4, -0.2) is 19.3 Å². The fourth-order valence-electron chi connectivity index (χ4n) is 1.64. The molecule has 2 atom stereocenters. The van der Waals surface area contributed by atoms with Gasteiger partial charge in [-0.25, -0.2) is 4.39 Å². The van der Waals surface area contributed by atoms with Gasteiger partial charge in [-0.3, -0.25) is 0 Å². The van der Waals surface area contributed by atoms with E-state index in [9.17, 15) is 4.39 Å². The van der Waals surface area contributed by atoms with Crippen molar-refractivity contribution in [3.05, 3.63) is 34.1 Å². The van der Waals surface area contributed by atoms with Crippen LogP contribution in [0.2, 0.25) is 0 Å². The second-order valence-corrected chi connectivity index (χ2v) is 5.19. The van der Waals surface area contributed by atoms with Crippen molar-refractivity contribution in [1.82, 2.24) is 0 Å². The molecule has 1 rings (SSSR count). The van der Waals surface area contributed by atoms with Crippen molar-refractivity contribution in [3.8, 4) is 0 Å². The number of nitrogens with two attached hydrogens (primary N) is 1. The van der Waals surface area contributed by atoms with E-state index >= 15 is 0 Å². The quantitative estimate of drug-likeness (QED) is 0.875. The molecule has 0 amide bonds. The third kappa shape index (κ3) is 5.15. The van der Waals surface area contributed by atoms with Gasteiger partial charge in [-0.1, -0.05) is 6.07 Å². The third-order valence-electron chi connectivity index (χ3n) is 2.83. The van der Waals surface area contributed by atoms with Crippen LogP contribution in [0.25, 0.3) is 0 Å². The predicted molar refractivity (Wildman–Crippen MR) is 71.5 cm³/mol. The SMILES string of the molecule is COC(C)CCC(N)Cc1ccc(F)c(Br)c1. The number of rotatable bonds is 6. The molecule has 0 aliphatic heterocycles. The lowest BCUT2D eigenvalue weighted by Crippen LogP contribution is -2.24. The molecule has 0 heterocycles. The fourth-order valence-corrected chi connectivity index (χ4v) is 2.06. The van der Waals surface area contributed by atoms with E-state index in [4.69, 9.17) is 10.5 Å². The zero-order chi connectivity index (χ0) is 12.8. The minimum absolute atomic E-state index is 0.0879. The average molecular weight is 304 g/mol. The lowest BCUT2D eigenvalue weighted by Gasteiger charge is -2.15. The maximum absolute atomic E-state index is 13.0. The van der Waals surface area contributed by atoms with Gasteiger partial charge in [0.1, 0.15) is 5.82 Å². The molecule has 2 nitrogen and oxygen atoms in total. The van der Waals surface area contributed by atoms with Gasteiger partial charge in [-0.15, -0.1) is 0 Å². The molecule has 0 aromatic heterocycles. The first kappa shape index (κ1) is 14.6. The molecule has 96 valence electrons. The minimum atomic E-state index is -0.240. The van der Waals surface area contributed by atoms with Crippen LogP contribution in [0.1, 0.15) is 25.3 Å². The Morgan fingerprint density at radius 3 is 2.71 bits per heavy atom. The highest BCUT2D eigenvalue weighted by Crippen LogP contribution is 2.18. The monoisotopic (exact) mass is 303 g/mol. The van der Waals surface area contributed by atoms with E-state index in [0.717, 1.165) is 24.8 Å². The zero-order valence-corrected chi connectivity index (χ0v) is 11.8. The number of benzene rings is 1. The molecule has 0 saturated heterocycles. The molecular formula is C13H19BrFNO. The Labute approximate surface area is 110 Å². The Kier molecular flexibility index (Phi) is 6.09. The summed E-state index contributed by atoms with van der Waals surface area (Å²) in [6.07, 6.45) is 2.85. The zero-order valence-electron chi connectivity index (χ0n) is 10.2. The molecule has 0 saturated carbocycles. The maximum Gasteiger partial charge on any atom is 0.137 e. The normalized spacial score (nSPS) is 14.6. The summed E-state index contributed by atoms with van der Waals surface area (Å²) in [5.74, 6) is -0.240. The smallest absolute Gasteiger partial charge is 0.137 e. The maximum atomic E-state index is 13.0. The molecule has 0 spiro atoms. The first-order valence-corrected chi connectivity index (χ1v) is 6.54. The summed E-state index contributed by atoms with van der Waals surface area (Å²) in [6, 6.07) is 5.11. The average Bonchev–Trinajstić information content (AvgIpc) is 2.31. The highest BCUT2D eigenvalue weighted by molar-refractivity contribution is 9.10. The standard InChI is InChI=1S/C13H19BrFNO/c1-9(17-2)3-5-11(16)7-10-4-6-13(15)12(14)8-10/h4,6,8-9,11H,3,5,7,16H2,1-2H3. The van der Waals surface area contributed by atoms with Crippen molar-refractivity contribution in [2.45, 2.75) is 38.3 Å². The Morgan fingerprint density at radius 1 is 1.41 bits per heavy atom. The molecule has 0 radical (unpaired) electrons. The number of methoxy groups -OCH3 is 1. The van der Waals surface area contributed by atoms with Gasteiger partial charge in [-0.05, 0) is 59.8 Å². The van der Waals surface area contributed by atoms with Crippen LogP contribution in [0, 0.1) is 5.82 Å². The largest absolute Gasteiger partial charge is 0.382 e. The number of hydrogen-bond acceptors (Lipinski definition) is 2. The summed E-state index contributed by atoms with van der Waals surface area (Å²) in [5, 5.41) is 0. The Balaban J connectivity index is 2.44. The summed E-state index contributed by atoms with van der Waals surface area (Å²) in [5.41, 5.74) is 7.08. The summed E-state index contributed by atoms with van der Waals surface area (Å²) in [6.45, 7) is 2.03. The van der Waals surface area contributed by atoms with Gasteiger partial charge in [0.05, 0.1) is 10.6 Å². The van der Waals surface area contributed by atoms with Gasteiger partial charge >= 0.3 is 0 Å². The van der Waals surface area contributed by atoms with Gasteiger partial charge in [0.15, 0.2) is 0 Å². The summed E-state index contributed by atoms with van der Waals surface area (Å²) < 4.78 is 18.7. The van der Waals surface area contributed by atoms with Crippen molar-refractivity contribution in [1.29, 1.82) is 0 Å². The van der Waals surface area contributed by atoms with Crippen molar-refractivity contribution in [2.75, 3.05) is 7.11 Å². The molecule has 1 aromatic carbocycles. The first-order valence-electron chi connectivity index (χ1n) is 5.75. The molecule has 2 unspecified atom stereocenters. The van der Waals surface area contributed by atoms with Crippen molar-refractivity contribution in [2.24, 2.45) is 5.73 Å². The predicted octanol–water partition coefficient (Wildman–Crippen LogP) is 3.27. The van der Waals surface area contributed by atoms with Gasteiger partial charge in [-0.2, -0.15) is 0 Å². The number of ether oxygens (including phenoxy) is 1. The molecular weight excluding hydrogens is 285 g/mol. The molecule has 17 heavy (non-hydrogen) atoms. The van der Waals surface area contributed by atoms with Crippen molar-refractivity contribution >= 4 is 15.9 Å². The van der Waals surface area contributed by atoms with Crippen LogP contribution in [0.5, 0.6) is 0 Å². The van der Waals surface area contributed by atoms with Crippen LogP contribution >= 0.6 is 15.9 Å².